The van der Waals surface area contributed by atoms with Crippen LogP contribution in [0.2, 0.25) is 0 Å². The van der Waals surface area contributed by atoms with Crippen LogP contribution in [0.4, 0.5) is 0 Å². The zero-order valence-electron chi connectivity index (χ0n) is 21.0. The Bertz CT molecular complexity index is 765. The molecule has 6 heteroatoms. The van der Waals surface area contributed by atoms with E-state index in [1.54, 1.807) is 0 Å². The Labute approximate surface area is 204 Å². The van der Waals surface area contributed by atoms with Crippen LogP contribution in [0, 0.1) is 0 Å². The minimum atomic E-state index is -0.441. The molecular weight excluding hydrogens is 432 g/mol. The van der Waals surface area contributed by atoms with E-state index < -0.39 is 5.97 Å². The zero-order chi connectivity index (χ0) is 26.2. The number of hydrogen-bond donors (Lipinski definition) is 1. The molecule has 0 aromatic heterocycles. The first-order valence-corrected chi connectivity index (χ1v) is 11.0. The van der Waals surface area contributed by atoms with Crippen LogP contribution in [0.15, 0.2) is 85.5 Å². The standard InChI is InChI=1S/C12H14.C6H8O3.C6H10O3.C4H8/c1-11(2)7-6-10-12-8-4-3-5-9-12;1-2-6(7)9-4-5-3-8-5;1-2-6(8)9-5-3-4-7;1-4(2)3/h3-10H,1-2H3;2,5H,1,3-4H2;2,7H,1,3-5H2;1H2,2-3H3. The van der Waals surface area contributed by atoms with E-state index in [4.69, 9.17) is 9.84 Å². The zero-order valence-corrected chi connectivity index (χ0v) is 21.0. The Kier molecular flexibility index (Phi) is 22.3. The summed E-state index contributed by atoms with van der Waals surface area (Å²) in [6.07, 6.45) is 9.15. The third-order valence-corrected chi connectivity index (χ3v) is 3.21. The van der Waals surface area contributed by atoms with Gasteiger partial charge in [-0.05, 0) is 33.3 Å². The molecule has 6 nitrogen and oxygen atoms in total. The van der Waals surface area contributed by atoms with Gasteiger partial charge < -0.3 is 19.3 Å². The van der Waals surface area contributed by atoms with Gasteiger partial charge >= 0.3 is 11.9 Å². The van der Waals surface area contributed by atoms with Crippen molar-refractivity contribution in [1.82, 2.24) is 0 Å². The van der Waals surface area contributed by atoms with E-state index in [0.717, 1.165) is 12.2 Å². The number of esters is 2. The second-order valence-electron chi connectivity index (χ2n) is 7.46. The summed E-state index contributed by atoms with van der Waals surface area (Å²) in [4.78, 5) is 20.6. The van der Waals surface area contributed by atoms with Gasteiger partial charge in [0, 0.05) is 25.2 Å². The van der Waals surface area contributed by atoms with Gasteiger partial charge in [-0.25, -0.2) is 9.59 Å². The van der Waals surface area contributed by atoms with Gasteiger partial charge in [-0.1, -0.05) is 72.9 Å². The van der Waals surface area contributed by atoms with Crippen LogP contribution in [0.1, 0.15) is 39.7 Å². The second kappa shape index (κ2) is 23.0. The van der Waals surface area contributed by atoms with E-state index in [1.807, 2.05) is 32.0 Å². The highest BCUT2D eigenvalue weighted by Gasteiger charge is 2.23. The molecule has 188 valence electrons. The van der Waals surface area contributed by atoms with Gasteiger partial charge in [0.15, 0.2) is 0 Å². The van der Waals surface area contributed by atoms with Crippen molar-refractivity contribution in [2.24, 2.45) is 0 Å². The molecule has 0 bridgehead atoms. The molecule has 1 N–H and O–H groups in total. The summed E-state index contributed by atoms with van der Waals surface area (Å²) in [5.74, 6) is -0.825. The lowest BCUT2D eigenvalue weighted by Crippen LogP contribution is -2.06. The van der Waals surface area contributed by atoms with Crippen LogP contribution in [0.25, 0.3) is 6.08 Å². The van der Waals surface area contributed by atoms with Crippen molar-refractivity contribution in [3.63, 3.8) is 0 Å². The number of epoxide rings is 1. The topological polar surface area (TPSA) is 85.4 Å². The molecular formula is C28H40O6. The number of hydrogen-bond acceptors (Lipinski definition) is 6. The van der Waals surface area contributed by atoms with Crippen LogP contribution in [0.3, 0.4) is 0 Å². The van der Waals surface area contributed by atoms with Gasteiger partial charge in [0.2, 0.25) is 0 Å². The Balaban J connectivity index is 0. The number of allylic oxidation sites excluding steroid dienone is 4. The molecule has 1 aliphatic rings. The molecule has 2 rings (SSSR count). The molecule has 0 spiro atoms. The van der Waals surface area contributed by atoms with E-state index in [-0.39, 0.29) is 25.3 Å². The molecule has 1 heterocycles. The van der Waals surface area contributed by atoms with E-state index in [9.17, 15) is 9.59 Å². The predicted molar refractivity (Wildman–Crippen MR) is 139 cm³/mol. The van der Waals surface area contributed by atoms with Gasteiger partial charge in [-0.3, -0.25) is 0 Å². The van der Waals surface area contributed by atoms with Gasteiger partial charge in [0.05, 0.1) is 13.2 Å². The third kappa shape index (κ3) is 28.8. The Morgan fingerprint density at radius 1 is 1.06 bits per heavy atom. The fraction of sp³-hybridized carbons (Fsp3) is 0.357. The maximum absolute atomic E-state index is 10.3. The first-order chi connectivity index (χ1) is 16.2. The summed E-state index contributed by atoms with van der Waals surface area (Å²) >= 11 is 0. The van der Waals surface area contributed by atoms with E-state index in [1.165, 1.54) is 16.7 Å². The van der Waals surface area contributed by atoms with Gasteiger partial charge in [-0.15, -0.1) is 6.58 Å². The SMILES string of the molecule is C=C(C)C.C=CC(=O)OCC1CO1.C=CC(=O)OCCCO.CC(C)=CC=Cc1ccccc1. The first-order valence-electron chi connectivity index (χ1n) is 11.0. The molecule has 1 unspecified atom stereocenters. The normalized spacial score (nSPS) is 12.7. The first kappa shape index (κ1) is 33.0. The molecule has 0 aliphatic carbocycles. The number of aliphatic hydroxyl groups is 1. The van der Waals surface area contributed by atoms with Crippen LogP contribution in [-0.4, -0.2) is 49.6 Å². The van der Waals surface area contributed by atoms with Crippen molar-refractivity contribution in [2.75, 3.05) is 26.4 Å². The molecule has 1 atom stereocenters. The lowest BCUT2D eigenvalue weighted by Gasteiger charge is -1.96. The fourth-order valence-electron chi connectivity index (χ4n) is 1.61. The molecule has 34 heavy (non-hydrogen) atoms. The number of ether oxygens (including phenoxy) is 3. The van der Waals surface area contributed by atoms with Crippen molar-refractivity contribution in [3.05, 3.63) is 91.1 Å². The molecule has 1 aliphatic heterocycles. The number of rotatable bonds is 9. The Hall–Kier alpha value is -3.22. The summed E-state index contributed by atoms with van der Waals surface area (Å²) in [6.45, 7) is 19.5. The molecule has 0 radical (unpaired) electrons. The van der Waals surface area contributed by atoms with Crippen LogP contribution in [-0.2, 0) is 23.8 Å². The lowest BCUT2D eigenvalue weighted by atomic mass is 10.2. The van der Waals surface area contributed by atoms with Crippen molar-refractivity contribution in [2.45, 2.75) is 40.2 Å². The van der Waals surface area contributed by atoms with E-state index >= 15 is 0 Å². The van der Waals surface area contributed by atoms with Crippen molar-refractivity contribution in [1.29, 1.82) is 0 Å². The Morgan fingerprint density at radius 2 is 1.59 bits per heavy atom. The summed E-state index contributed by atoms with van der Waals surface area (Å²) in [5.41, 5.74) is 3.73. The third-order valence-electron chi connectivity index (χ3n) is 3.21. The van der Waals surface area contributed by atoms with E-state index in [0.29, 0.717) is 19.6 Å². The number of benzene rings is 1. The highest BCUT2D eigenvalue weighted by molar-refractivity contribution is 5.81. The highest BCUT2D eigenvalue weighted by atomic mass is 16.6. The predicted octanol–water partition coefficient (Wildman–Crippen LogP) is 5.46. The maximum atomic E-state index is 10.3. The summed E-state index contributed by atoms with van der Waals surface area (Å²) < 4.78 is 13.9. The summed E-state index contributed by atoms with van der Waals surface area (Å²) in [5, 5.41) is 8.23. The maximum Gasteiger partial charge on any atom is 0.330 e. The van der Waals surface area contributed by atoms with Crippen molar-refractivity contribution < 1.29 is 28.9 Å². The monoisotopic (exact) mass is 472 g/mol. The minimum Gasteiger partial charge on any atom is -0.462 e. The molecule has 0 amide bonds. The number of carbonyl (C=O) groups is 2. The van der Waals surface area contributed by atoms with E-state index in [2.05, 4.69) is 73.4 Å². The van der Waals surface area contributed by atoms with Crippen molar-refractivity contribution in [3.8, 4) is 0 Å². The van der Waals surface area contributed by atoms with Crippen LogP contribution >= 0.6 is 0 Å². The average Bonchev–Trinajstić information content (AvgIpc) is 3.63. The fourth-order valence-corrected chi connectivity index (χ4v) is 1.61. The molecule has 1 fully saturated rings. The van der Waals surface area contributed by atoms with Crippen LogP contribution in [0.5, 0.6) is 0 Å². The number of carbonyl (C=O) groups excluding carboxylic acids is 2. The molecule has 0 saturated carbocycles. The Morgan fingerprint density at radius 3 is 2.03 bits per heavy atom. The summed E-state index contributed by atoms with van der Waals surface area (Å²) in [7, 11) is 0. The van der Waals surface area contributed by atoms with Gasteiger partial charge in [0.25, 0.3) is 0 Å². The second-order valence-corrected chi connectivity index (χ2v) is 7.46. The summed E-state index contributed by atoms with van der Waals surface area (Å²) in [6, 6.07) is 10.3. The molecule has 1 aromatic rings. The van der Waals surface area contributed by atoms with Crippen molar-refractivity contribution >= 4 is 18.0 Å². The highest BCUT2D eigenvalue weighted by Crippen LogP contribution is 2.08. The molecule has 1 saturated heterocycles. The van der Waals surface area contributed by atoms with Gasteiger partial charge in [0.1, 0.15) is 12.7 Å². The lowest BCUT2D eigenvalue weighted by molar-refractivity contribution is -0.139. The van der Waals surface area contributed by atoms with Gasteiger partial charge in [-0.2, -0.15) is 0 Å². The van der Waals surface area contributed by atoms with Crippen LogP contribution < -0.4 is 0 Å². The minimum absolute atomic E-state index is 0.0461. The largest absolute Gasteiger partial charge is 0.462 e. The average molecular weight is 473 g/mol. The number of aliphatic hydroxyl groups excluding tert-OH is 1. The molecule has 1 aromatic carbocycles. The quantitative estimate of drug-likeness (QED) is 0.128. The smallest absolute Gasteiger partial charge is 0.330 e.